The topological polar surface area (TPSA) is 32.3 Å². The highest BCUT2D eigenvalue weighted by Crippen LogP contribution is 2.34. The van der Waals surface area contributed by atoms with Gasteiger partial charge in [-0.15, -0.1) is 0 Å². The largest absolute Gasteiger partial charge is 0.383 e. The number of anilines is 2. The molecule has 0 bridgehead atoms. The normalized spacial score (nSPS) is 17.7. The molecule has 22 heavy (non-hydrogen) atoms. The molecular formula is C17H16Cl2N2O. The first-order chi connectivity index (χ1) is 10.6. The van der Waals surface area contributed by atoms with Gasteiger partial charge in [0.05, 0.1) is 23.8 Å². The average Bonchev–Trinajstić information content (AvgIpc) is 2.63. The van der Waals surface area contributed by atoms with Crippen LogP contribution in [0.5, 0.6) is 0 Å². The maximum atomic E-state index is 12.7. The summed E-state index contributed by atoms with van der Waals surface area (Å²) in [5.41, 5.74) is 2.57. The lowest BCUT2D eigenvalue weighted by Crippen LogP contribution is -2.35. The summed E-state index contributed by atoms with van der Waals surface area (Å²) in [6.45, 7) is 2.89. The average molecular weight is 335 g/mol. The van der Waals surface area contributed by atoms with E-state index >= 15 is 0 Å². The van der Waals surface area contributed by atoms with Crippen molar-refractivity contribution in [3.8, 4) is 0 Å². The molecule has 2 aromatic rings. The Labute approximate surface area is 139 Å². The third-order valence-electron chi connectivity index (χ3n) is 3.86. The highest BCUT2D eigenvalue weighted by Gasteiger charge is 2.28. The van der Waals surface area contributed by atoms with E-state index in [2.05, 4.69) is 5.32 Å². The minimum absolute atomic E-state index is 0.0634. The van der Waals surface area contributed by atoms with Gasteiger partial charge in [-0.25, -0.2) is 0 Å². The van der Waals surface area contributed by atoms with Crippen LogP contribution < -0.4 is 10.2 Å². The molecule has 0 aromatic heterocycles. The molecule has 0 unspecified atom stereocenters. The first-order valence-electron chi connectivity index (χ1n) is 7.15. The molecule has 0 aliphatic carbocycles. The first kappa shape index (κ1) is 15.2. The molecule has 1 atom stereocenters. The van der Waals surface area contributed by atoms with Gasteiger partial charge in [0, 0.05) is 22.2 Å². The molecule has 0 radical (unpaired) electrons. The van der Waals surface area contributed by atoms with Gasteiger partial charge in [-0.2, -0.15) is 0 Å². The number of nitrogens with zero attached hydrogens (tertiary/aromatic N) is 1. The van der Waals surface area contributed by atoms with Crippen LogP contribution in [0.1, 0.15) is 12.5 Å². The summed E-state index contributed by atoms with van der Waals surface area (Å²) < 4.78 is 0. The molecule has 1 amide bonds. The van der Waals surface area contributed by atoms with Crippen molar-refractivity contribution < 1.29 is 4.79 Å². The SMILES string of the molecule is C[C@H]1CNc2ccccc2N(Cc2c(Cl)cccc2Cl)C1=O. The molecule has 0 fully saturated rings. The predicted octanol–water partition coefficient (Wildman–Crippen LogP) is 4.59. The summed E-state index contributed by atoms with van der Waals surface area (Å²) in [7, 11) is 0. The van der Waals surface area contributed by atoms with Gasteiger partial charge in [0.2, 0.25) is 5.91 Å². The van der Waals surface area contributed by atoms with Crippen molar-refractivity contribution in [3.63, 3.8) is 0 Å². The zero-order valence-corrected chi connectivity index (χ0v) is 13.7. The molecule has 5 heteroatoms. The second kappa shape index (κ2) is 6.19. The Morgan fingerprint density at radius 1 is 1.14 bits per heavy atom. The van der Waals surface area contributed by atoms with Crippen molar-refractivity contribution in [2.45, 2.75) is 13.5 Å². The number of nitrogens with one attached hydrogen (secondary N) is 1. The maximum absolute atomic E-state index is 12.7. The van der Waals surface area contributed by atoms with Crippen LogP contribution in [0.2, 0.25) is 10.0 Å². The lowest BCUT2D eigenvalue weighted by molar-refractivity contribution is -0.121. The quantitative estimate of drug-likeness (QED) is 0.871. The number of carbonyl (C=O) groups is 1. The molecule has 0 spiro atoms. The van der Waals surface area contributed by atoms with E-state index in [1.54, 1.807) is 23.1 Å². The Balaban J connectivity index is 2.05. The number of hydrogen-bond donors (Lipinski definition) is 1. The monoisotopic (exact) mass is 334 g/mol. The molecule has 1 N–H and O–H groups in total. The molecular weight excluding hydrogens is 319 g/mol. The number of carbonyl (C=O) groups excluding carboxylic acids is 1. The van der Waals surface area contributed by atoms with Crippen molar-refractivity contribution in [1.29, 1.82) is 0 Å². The van der Waals surface area contributed by atoms with Gasteiger partial charge in [0.15, 0.2) is 0 Å². The van der Waals surface area contributed by atoms with Crippen LogP contribution >= 0.6 is 23.2 Å². The Hall–Kier alpha value is -1.71. The highest BCUT2D eigenvalue weighted by molar-refractivity contribution is 6.36. The van der Waals surface area contributed by atoms with Crippen molar-refractivity contribution in [2.24, 2.45) is 5.92 Å². The third kappa shape index (κ3) is 2.79. The summed E-state index contributed by atoms with van der Waals surface area (Å²) >= 11 is 12.5. The summed E-state index contributed by atoms with van der Waals surface area (Å²) in [5.74, 6) is -0.0536. The van der Waals surface area contributed by atoms with Gasteiger partial charge < -0.3 is 10.2 Å². The van der Waals surface area contributed by atoms with Gasteiger partial charge in [-0.05, 0) is 24.3 Å². The predicted molar refractivity (Wildman–Crippen MR) is 91.7 cm³/mol. The minimum atomic E-state index is -0.117. The van der Waals surface area contributed by atoms with Crippen molar-refractivity contribution >= 4 is 40.5 Å². The van der Waals surface area contributed by atoms with Crippen LogP contribution in [-0.4, -0.2) is 12.5 Å². The number of rotatable bonds is 2. The van der Waals surface area contributed by atoms with E-state index in [0.29, 0.717) is 23.1 Å². The van der Waals surface area contributed by atoms with Crippen LogP contribution in [-0.2, 0) is 11.3 Å². The maximum Gasteiger partial charge on any atom is 0.231 e. The number of halogens is 2. The molecule has 3 nitrogen and oxygen atoms in total. The molecule has 2 aromatic carbocycles. The number of para-hydroxylation sites is 2. The van der Waals surface area contributed by atoms with E-state index in [4.69, 9.17) is 23.2 Å². The number of hydrogen-bond acceptors (Lipinski definition) is 2. The van der Waals surface area contributed by atoms with Crippen LogP contribution in [0.25, 0.3) is 0 Å². The fraction of sp³-hybridized carbons (Fsp3) is 0.235. The lowest BCUT2D eigenvalue weighted by atomic mass is 10.1. The number of benzene rings is 2. The Morgan fingerprint density at radius 2 is 1.82 bits per heavy atom. The van der Waals surface area contributed by atoms with E-state index in [-0.39, 0.29) is 11.8 Å². The molecule has 1 aliphatic heterocycles. The molecule has 0 saturated carbocycles. The van der Waals surface area contributed by atoms with Gasteiger partial charge in [-0.3, -0.25) is 4.79 Å². The van der Waals surface area contributed by atoms with Crippen LogP contribution in [0.15, 0.2) is 42.5 Å². The van der Waals surface area contributed by atoms with Gasteiger partial charge in [-0.1, -0.05) is 48.3 Å². The third-order valence-corrected chi connectivity index (χ3v) is 4.57. The second-order valence-electron chi connectivity index (χ2n) is 5.42. The van der Waals surface area contributed by atoms with E-state index in [0.717, 1.165) is 16.9 Å². The number of amides is 1. The first-order valence-corrected chi connectivity index (χ1v) is 7.90. The summed E-state index contributed by atoms with van der Waals surface area (Å²) in [6.07, 6.45) is 0. The summed E-state index contributed by atoms with van der Waals surface area (Å²) in [5, 5.41) is 4.47. The van der Waals surface area contributed by atoms with Gasteiger partial charge in [0.25, 0.3) is 0 Å². The zero-order valence-electron chi connectivity index (χ0n) is 12.1. The highest BCUT2D eigenvalue weighted by atomic mass is 35.5. The zero-order chi connectivity index (χ0) is 15.7. The molecule has 0 saturated heterocycles. The Morgan fingerprint density at radius 3 is 2.55 bits per heavy atom. The Bertz CT molecular complexity index is 697. The van der Waals surface area contributed by atoms with Gasteiger partial charge >= 0.3 is 0 Å². The van der Waals surface area contributed by atoms with E-state index in [1.807, 2.05) is 31.2 Å². The van der Waals surface area contributed by atoms with Crippen LogP contribution in [0, 0.1) is 5.92 Å². The molecule has 114 valence electrons. The van der Waals surface area contributed by atoms with Crippen molar-refractivity contribution in [2.75, 3.05) is 16.8 Å². The molecule has 1 aliphatic rings. The fourth-order valence-corrected chi connectivity index (χ4v) is 3.12. The van der Waals surface area contributed by atoms with Crippen LogP contribution in [0.4, 0.5) is 11.4 Å². The number of fused-ring (bicyclic) bond motifs is 1. The minimum Gasteiger partial charge on any atom is -0.383 e. The summed E-state index contributed by atoms with van der Waals surface area (Å²) in [6, 6.07) is 13.2. The van der Waals surface area contributed by atoms with E-state index in [9.17, 15) is 4.79 Å². The molecule has 1 heterocycles. The molecule has 3 rings (SSSR count). The lowest BCUT2D eigenvalue weighted by Gasteiger charge is -2.25. The summed E-state index contributed by atoms with van der Waals surface area (Å²) in [4.78, 5) is 14.5. The fourth-order valence-electron chi connectivity index (χ4n) is 2.60. The van der Waals surface area contributed by atoms with Crippen molar-refractivity contribution in [3.05, 3.63) is 58.1 Å². The van der Waals surface area contributed by atoms with E-state index in [1.165, 1.54) is 0 Å². The van der Waals surface area contributed by atoms with Crippen molar-refractivity contribution in [1.82, 2.24) is 0 Å². The smallest absolute Gasteiger partial charge is 0.231 e. The Kier molecular flexibility index (Phi) is 4.27. The van der Waals surface area contributed by atoms with Gasteiger partial charge in [0.1, 0.15) is 0 Å². The second-order valence-corrected chi connectivity index (χ2v) is 6.24. The van der Waals surface area contributed by atoms with E-state index < -0.39 is 0 Å². The standard InChI is InChI=1S/C17H16Cl2N2O/c1-11-9-20-15-7-2-3-8-16(15)21(17(11)22)10-12-13(18)5-4-6-14(12)19/h2-8,11,20H,9-10H2,1H3/t11-/m0/s1. The van der Waals surface area contributed by atoms with Crippen LogP contribution in [0.3, 0.4) is 0 Å².